The summed E-state index contributed by atoms with van der Waals surface area (Å²) in [5.74, 6) is 0. The first-order chi connectivity index (χ1) is 12.1. The third kappa shape index (κ3) is 3.38. The lowest BCUT2D eigenvalue weighted by molar-refractivity contribution is 0.111. The molecular weight excluding hydrogens is 318 g/mol. The van der Waals surface area contributed by atoms with E-state index in [-0.39, 0.29) is 10.8 Å². The van der Waals surface area contributed by atoms with E-state index in [1.807, 2.05) is 6.07 Å². The Morgan fingerprint density at radius 3 is 2.19 bits per heavy atom. The number of aldehydes is 1. The van der Waals surface area contributed by atoms with E-state index in [4.69, 9.17) is 0 Å². The van der Waals surface area contributed by atoms with Crippen LogP contribution in [0.5, 0.6) is 0 Å². The standard InChI is InChI=1S/C24H29NO/c1-16(18-7-8-20(15-26)25-14-18)11-19-13-22-21(12-17(19)2)23(3,4)9-10-24(22,5)6/h7-8,11-15H,9-10H2,1-6H3. The molecule has 0 radical (unpaired) electrons. The average molecular weight is 348 g/mol. The molecule has 0 saturated heterocycles. The topological polar surface area (TPSA) is 30.0 Å². The minimum absolute atomic E-state index is 0.211. The van der Waals surface area contributed by atoms with Gasteiger partial charge in [-0.2, -0.15) is 0 Å². The summed E-state index contributed by atoms with van der Waals surface area (Å²) < 4.78 is 0. The van der Waals surface area contributed by atoms with Crippen molar-refractivity contribution in [2.45, 2.75) is 65.2 Å². The Balaban J connectivity index is 2.07. The lowest BCUT2D eigenvalue weighted by atomic mass is 9.62. The predicted octanol–water partition coefficient (Wildman–Crippen LogP) is 6.11. The maximum atomic E-state index is 10.8. The predicted molar refractivity (Wildman–Crippen MR) is 110 cm³/mol. The van der Waals surface area contributed by atoms with Crippen LogP contribution >= 0.6 is 0 Å². The number of rotatable bonds is 3. The molecule has 0 atom stereocenters. The van der Waals surface area contributed by atoms with Gasteiger partial charge in [0.25, 0.3) is 0 Å². The van der Waals surface area contributed by atoms with Crippen molar-refractivity contribution >= 4 is 17.9 Å². The lowest BCUT2D eigenvalue weighted by Crippen LogP contribution is -2.34. The second-order valence-corrected chi connectivity index (χ2v) is 8.94. The number of carbonyl (C=O) groups is 1. The number of hydrogen-bond acceptors (Lipinski definition) is 2. The average Bonchev–Trinajstić information content (AvgIpc) is 2.60. The van der Waals surface area contributed by atoms with E-state index in [1.54, 1.807) is 12.3 Å². The summed E-state index contributed by atoms with van der Waals surface area (Å²) in [6.07, 6.45) is 7.24. The Morgan fingerprint density at radius 1 is 1.04 bits per heavy atom. The summed E-state index contributed by atoms with van der Waals surface area (Å²) in [5, 5.41) is 0. The van der Waals surface area contributed by atoms with Gasteiger partial charge in [0.05, 0.1) is 0 Å². The molecule has 0 saturated carbocycles. The molecule has 0 aliphatic heterocycles. The molecule has 0 amide bonds. The van der Waals surface area contributed by atoms with Crippen LogP contribution < -0.4 is 0 Å². The highest BCUT2D eigenvalue weighted by Gasteiger charge is 2.37. The minimum atomic E-state index is 0.211. The van der Waals surface area contributed by atoms with E-state index < -0.39 is 0 Å². The first-order valence-corrected chi connectivity index (χ1v) is 9.39. The number of carbonyl (C=O) groups excluding carboxylic acids is 1. The summed E-state index contributed by atoms with van der Waals surface area (Å²) in [5.41, 5.74) is 8.68. The zero-order valence-corrected chi connectivity index (χ0v) is 16.8. The second-order valence-electron chi connectivity index (χ2n) is 8.94. The molecule has 0 bridgehead atoms. The minimum Gasteiger partial charge on any atom is -0.296 e. The molecule has 0 spiro atoms. The summed E-state index contributed by atoms with van der Waals surface area (Å²) >= 11 is 0. The Kier molecular flexibility index (Phi) is 4.64. The number of fused-ring (bicyclic) bond motifs is 1. The van der Waals surface area contributed by atoms with Gasteiger partial charge in [-0.25, -0.2) is 0 Å². The molecule has 0 unspecified atom stereocenters. The second kappa shape index (κ2) is 6.50. The van der Waals surface area contributed by atoms with Gasteiger partial charge in [0.15, 0.2) is 6.29 Å². The quantitative estimate of drug-likeness (QED) is 0.627. The fraction of sp³-hybridized carbons (Fsp3) is 0.417. The van der Waals surface area contributed by atoms with Crippen LogP contribution in [0.4, 0.5) is 0 Å². The van der Waals surface area contributed by atoms with Crippen molar-refractivity contribution < 1.29 is 4.79 Å². The van der Waals surface area contributed by atoms with Crippen LogP contribution in [0.2, 0.25) is 0 Å². The van der Waals surface area contributed by atoms with Crippen LogP contribution in [0.3, 0.4) is 0 Å². The number of pyridine rings is 1. The maximum Gasteiger partial charge on any atom is 0.168 e. The Bertz CT molecular complexity index is 870. The van der Waals surface area contributed by atoms with Gasteiger partial charge in [0.1, 0.15) is 5.69 Å². The molecule has 1 aromatic heterocycles. The van der Waals surface area contributed by atoms with Gasteiger partial charge in [-0.3, -0.25) is 9.78 Å². The van der Waals surface area contributed by atoms with E-state index in [0.29, 0.717) is 5.69 Å². The van der Waals surface area contributed by atoms with Crippen molar-refractivity contribution in [3.05, 3.63) is 64.0 Å². The number of aryl methyl sites for hydroxylation is 1. The zero-order chi connectivity index (χ0) is 19.1. The van der Waals surface area contributed by atoms with Crippen LogP contribution in [-0.4, -0.2) is 11.3 Å². The third-order valence-electron chi connectivity index (χ3n) is 5.97. The molecule has 1 aliphatic rings. The normalized spacial score (nSPS) is 18.3. The van der Waals surface area contributed by atoms with Crippen LogP contribution in [0.25, 0.3) is 11.6 Å². The highest BCUT2D eigenvalue weighted by atomic mass is 16.1. The van der Waals surface area contributed by atoms with E-state index in [0.717, 1.165) is 17.4 Å². The largest absolute Gasteiger partial charge is 0.296 e. The molecule has 0 N–H and O–H groups in total. The molecule has 1 aromatic carbocycles. The SMILES string of the molecule is CC(=Cc1cc2c(cc1C)C(C)(C)CCC2(C)C)c1ccc(C=O)nc1. The van der Waals surface area contributed by atoms with E-state index in [2.05, 4.69) is 64.7 Å². The molecule has 136 valence electrons. The molecule has 26 heavy (non-hydrogen) atoms. The maximum absolute atomic E-state index is 10.8. The highest BCUT2D eigenvalue weighted by Crippen LogP contribution is 2.46. The number of benzene rings is 1. The summed E-state index contributed by atoms with van der Waals surface area (Å²) in [6.45, 7) is 13.7. The van der Waals surface area contributed by atoms with Crippen molar-refractivity contribution in [1.82, 2.24) is 4.98 Å². The monoisotopic (exact) mass is 347 g/mol. The third-order valence-corrected chi connectivity index (χ3v) is 5.97. The summed E-state index contributed by atoms with van der Waals surface area (Å²) in [7, 11) is 0. The van der Waals surface area contributed by atoms with Gasteiger partial charge in [-0.15, -0.1) is 0 Å². The fourth-order valence-electron chi connectivity index (χ4n) is 3.92. The van der Waals surface area contributed by atoms with E-state index in [9.17, 15) is 4.79 Å². The van der Waals surface area contributed by atoms with Crippen LogP contribution in [0.1, 0.15) is 85.8 Å². The molecular formula is C24H29NO. The molecule has 2 nitrogen and oxygen atoms in total. The fourth-order valence-corrected chi connectivity index (χ4v) is 3.92. The molecule has 1 aliphatic carbocycles. The lowest BCUT2D eigenvalue weighted by Gasteiger charge is -2.42. The van der Waals surface area contributed by atoms with Crippen LogP contribution in [-0.2, 0) is 10.8 Å². The Morgan fingerprint density at radius 2 is 1.65 bits per heavy atom. The first kappa shape index (κ1) is 18.6. The highest BCUT2D eigenvalue weighted by molar-refractivity contribution is 5.82. The van der Waals surface area contributed by atoms with Gasteiger partial charge in [-0.05, 0) is 77.0 Å². The van der Waals surface area contributed by atoms with Gasteiger partial charge < -0.3 is 0 Å². The van der Waals surface area contributed by atoms with Crippen molar-refractivity contribution in [3.63, 3.8) is 0 Å². The summed E-state index contributed by atoms with van der Waals surface area (Å²) in [6, 6.07) is 8.51. The zero-order valence-electron chi connectivity index (χ0n) is 16.8. The number of hydrogen-bond donors (Lipinski definition) is 0. The number of aromatic nitrogens is 1. The van der Waals surface area contributed by atoms with Crippen molar-refractivity contribution in [2.24, 2.45) is 0 Å². The molecule has 0 fully saturated rings. The van der Waals surface area contributed by atoms with Crippen LogP contribution in [0.15, 0.2) is 30.5 Å². The van der Waals surface area contributed by atoms with E-state index >= 15 is 0 Å². The van der Waals surface area contributed by atoms with Crippen molar-refractivity contribution in [1.29, 1.82) is 0 Å². The Labute approximate surface area is 157 Å². The van der Waals surface area contributed by atoms with Crippen LogP contribution in [0, 0.1) is 6.92 Å². The molecule has 3 rings (SSSR count). The first-order valence-electron chi connectivity index (χ1n) is 9.39. The van der Waals surface area contributed by atoms with Crippen molar-refractivity contribution in [2.75, 3.05) is 0 Å². The molecule has 2 heteroatoms. The van der Waals surface area contributed by atoms with Gasteiger partial charge >= 0.3 is 0 Å². The number of allylic oxidation sites excluding steroid dienone is 1. The van der Waals surface area contributed by atoms with Gasteiger partial charge in [-0.1, -0.05) is 52.0 Å². The number of nitrogens with zero attached hydrogens (tertiary/aromatic N) is 1. The van der Waals surface area contributed by atoms with Gasteiger partial charge in [0, 0.05) is 6.20 Å². The van der Waals surface area contributed by atoms with Crippen molar-refractivity contribution in [3.8, 4) is 0 Å². The van der Waals surface area contributed by atoms with Gasteiger partial charge in [0.2, 0.25) is 0 Å². The molecule has 2 aromatic rings. The molecule has 1 heterocycles. The Hall–Kier alpha value is -2.22. The summed E-state index contributed by atoms with van der Waals surface area (Å²) in [4.78, 5) is 15.0. The van der Waals surface area contributed by atoms with E-state index in [1.165, 1.54) is 35.1 Å². The smallest absolute Gasteiger partial charge is 0.168 e.